The molecular formula is C19H28NO5S. The summed E-state index contributed by atoms with van der Waals surface area (Å²) in [4.78, 5) is 12.1. The summed E-state index contributed by atoms with van der Waals surface area (Å²) in [5.41, 5.74) is 6.90. The molecule has 2 rings (SSSR count). The van der Waals surface area contributed by atoms with Crippen molar-refractivity contribution in [2.45, 2.75) is 69.5 Å². The first-order chi connectivity index (χ1) is 11.9. The third-order valence-electron chi connectivity index (χ3n) is 4.50. The summed E-state index contributed by atoms with van der Waals surface area (Å²) in [5.74, 6) is -0.904. The minimum Gasteiger partial charge on any atom is -0.359 e. The van der Waals surface area contributed by atoms with E-state index >= 15 is 0 Å². The number of amides is 1. The second kappa shape index (κ2) is 7.66. The van der Waals surface area contributed by atoms with Gasteiger partial charge in [0.1, 0.15) is 5.60 Å². The molecule has 1 saturated carbocycles. The third-order valence-corrected chi connectivity index (χ3v) is 5.79. The fraction of sp³-hybridized carbons (Fsp3) is 0.632. The van der Waals surface area contributed by atoms with Crippen LogP contribution in [0.5, 0.6) is 0 Å². The van der Waals surface area contributed by atoms with E-state index in [-0.39, 0.29) is 17.4 Å². The molecule has 1 N–H and O–H groups in total. The van der Waals surface area contributed by atoms with Gasteiger partial charge in [-0.05, 0) is 71.4 Å². The molecule has 0 spiro atoms. The highest BCUT2D eigenvalue weighted by Crippen LogP contribution is 2.38. The lowest BCUT2D eigenvalue weighted by atomic mass is 9.77. The fourth-order valence-corrected chi connectivity index (χ4v) is 4.36. The van der Waals surface area contributed by atoms with Crippen molar-refractivity contribution < 1.29 is 22.1 Å². The van der Waals surface area contributed by atoms with Gasteiger partial charge in [-0.15, -0.1) is 0 Å². The molecule has 1 amide bonds. The Bertz CT molecular complexity index is 736. The van der Waals surface area contributed by atoms with Crippen molar-refractivity contribution in [2.24, 2.45) is 5.92 Å². The standard InChI is InChI=1S/C19H28NO5S/c1-14-7-9-16(10-8-14)26(22,23)24-13-15-6-5-11-19(12-15,17(20)21)25-18(2,3)4/h7-10,15,20H,5-6,11-13H2,1-4H3. The van der Waals surface area contributed by atoms with Crippen LogP contribution in [-0.2, 0) is 23.8 Å². The van der Waals surface area contributed by atoms with Gasteiger partial charge in [0.25, 0.3) is 16.0 Å². The first kappa shape index (κ1) is 20.9. The molecule has 1 fully saturated rings. The smallest absolute Gasteiger partial charge is 0.296 e. The van der Waals surface area contributed by atoms with Gasteiger partial charge in [0.15, 0.2) is 0 Å². The summed E-state index contributed by atoms with van der Waals surface area (Å²) in [6.07, 6.45) is 2.22. The lowest BCUT2D eigenvalue weighted by Crippen LogP contribution is -2.51. The minimum atomic E-state index is -3.84. The molecule has 7 heteroatoms. The van der Waals surface area contributed by atoms with Crippen molar-refractivity contribution in [3.05, 3.63) is 29.8 Å². The van der Waals surface area contributed by atoms with E-state index in [9.17, 15) is 13.2 Å². The molecule has 1 radical (unpaired) electrons. The fourth-order valence-electron chi connectivity index (χ4n) is 3.38. The van der Waals surface area contributed by atoms with E-state index in [0.29, 0.717) is 19.3 Å². The van der Waals surface area contributed by atoms with E-state index < -0.39 is 27.2 Å². The number of ether oxygens (including phenoxy) is 1. The third kappa shape index (κ3) is 5.28. The van der Waals surface area contributed by atoms with Crippen molar-refractivity contribution in [2.75, 3.05) is 6.61 Å². The highest BCUT2D eigenvalue weighted by Gasteiger charge is 2.45. The molecule has 0 aliphatic heterocycles. The molecule has 26 heavy (non-hydrogen) atoms. The Balaban J connectivity index is 2.07. The topological polar surface area (TPSA) is 93.5 Å². The zero-order chi connectivity index (χ0) is 19.6. The van der Waals surface area contributed by atoms with E-state index in [2.05, 4.69) is 0 Å². The SMILES string of the molecule is Cc1ccc(S(=O)(=O)OCC2CCCC(OC(C)(C)C)(C([NH])=O)C2)cc1. The summed E-state index contributed by atoms with van der Waals surface area (Å²) in [6.45, 7) is 7.41. The first-order valence-electron chi connectivity index (χ1n) is 8.86. The molecule has 1 aromatic rings. The molecule has 145 valence electrons. The van der Waals surface area contributed by atoms with Gasteiger partial charge in [-0.1, -0.05) is 17.7 Å². The average molecular weight is 383 g/mol. The average Bonchev–Trinajstić information content (AvgIpc) is 2.52. The highest BCUT2D eigenvalue weighted by atomic mass is 32.2. The van der Waals surface area contributed by atoms with E-state index in [1.165, 1.54) is 12.1 Å². The summed E-state index contributed by atoms with van der Waals surface area (Å²) in [6, 6.07) is 6.48. The van der Waals surface area contributed by atoms with Crippen LogP contribution in [0.4, 0.5) is 0 Å². The maximum atomic E-state index is 12.4. The number of hydrogen-bond donors (Lipinski definition) is 0. The molecular weight excluding hydrogens is 354 g/mol. The number of nitrogens with one attached hydrogen (secondary N) is 1. The molecule has 0 bridgehead atoms. The Labute approximate surface area is 156 Å². The van der Waals surface area contributed by atoms with E-state index in [1.807, 2.05) is 27.7 Å². The van der Waals surface area contributed by atoms with Crippen molar-refractivity contribution in [1.82, 2.24) is 5.73 Å². The molecule has 1 aliphatic rings. The van der Waals surface area contributed by atoms with Crippen molar-refractivity contribution >= 4 is 16.0 Å². The summed E-state index contributed by atoms with van der Waals surface area (Å²) < 4.78 is 35.9. The number of rotatable bonds is 6. The predicted octanol–water partition coefficient (Wildman–Crippen LogP) is 3.25. The molecule has 1 aromatic carbocycles. The summed E-state index contributed by atoms with van der Waals surface area (Å²) in [5, 5.41) is 0. The van der Waals surface area contributed by atoms with Gasteiger partial charge >= 0.3 is 0 Å². The number of aryl methyl sites for hydroxylation is 1. The Morgan fingerprint density at radius 1 is 1.27 bits per heavy atom. The second-order valence-corrected chi connectivity index (χ2v) is 9.67. The lowest BCUT2D eigenvalue weighted by molar-refractivity contribution is -0.177. The zero-order valence-electron chi connectivity index (χ0n) is 15.9. The van der Waals surface area contributed by atoms with Gasteiger partial charge in [0.05, 0.1) is 17.1 Å². The van der Waals surface area contributed by atoms with Crippen LogP contribution < -0.4 is 5.73 Å². The molecule has 2 atom stereocenters. The van der Waals surface area contributed by atoms with Crippen LogP contribution in [0.15, 0.2) is 29.2 Å². The van der Waals surface area contributed by atoms with Crippen molar-refractivity contribution in [1.29, 1.82) is 0 Å². The van der Waals surface area contributed by atoms with Gasteiger partial charge in [0, 0.05) is 0 Å². The number of benzene rings is 1. The molecule has 0 saturated heterocycles. The maximum Gasteiger partial charge on any atom is 0.296 e. The van der Waals surface area contributed by atoms with Gasteiger partial charge in [-0.25, -0.2) is 0 Å². The van der Waals surface area contributed by atoms with Crippen LogP contribution in [0.25, 0.3) is 0 Å². The lowest BCUT2D eigenvalue weighted by Gasteiger charge is -2.42. The Kier molecular flexibility index (Phi) is 6.15. The first-order valence-corrected chi connectivity index (χ1v) is 10.3. The van der Waals surface area contributed by atoms with Gasteiger partial charge in [-0.2, -0.15) is 8.42 Å². The molecule has 6 nitrogen and oxygen atoms in total. The number of carbonyl (C=O) groups excluding carboxylic acids is 1. The van der Waals surface area contributed by atoms with Crippen molar-refractivity contribution in [3.63, 3.8) is 0 Å². The van der Waals surface area contributed by atoms with Crippen LogP contribution in [0, 0.1) is 12.8 Å². The van der Waals surface area contributed by atoms with Gasteiger partial charge in [0.2, 0.25) is 0 Å². The van der Waals surface area contributed by atoms with E-state index in [4.69, 9.17) is 14.7 Å². The van der Waals surface area contributed by atoms with Crippen LogP contribution in [-0.4, -0.2) is 32.1 Å². The molecule has 1 aliphatic carbocycles. The Hall–Kier alpha value is -1.44. The Morgan fingerprint density at radius 3 is 2.42 bits per heavy atom. The van der Waals surface area contributed by atoms with Crippen LogP contribution in [0.2, 0.25) is 0 Å². The van der Waals surface area contributed by atoms with Crippen LogP contribution in [0.1, 0.15) is 52.0 Å². The van der Waals surface area contributed by atoms with Crippen molar-refractivity contribution in [3.8, 4) is 0 Å². The van der Waals surface area contributed by atoms with Crippen LogP contribution >= 0.6 is 0 Å². The summed E-state index contributed by atoms with van der Waals surface area (Å²) >= 11 is 0. The Morgan fingerprint density at radius 2 is 1.88 bits per heavy atom. The van der Waals surface area contributed by atoms with Gasteiger partial charge < -0.3 is 4.74 Å². The van der Waals surface area contributed by atoms with E-state index in [1.54, 1.807) is 12.1 Å². The second-order valence-electron chi connectivity index (χ2n) is 8.05. The largest absolute Gasteiger partial charge is 0.359 e. The minimum absolute atomic E-state index is 0.0151. The molecule has 0 heterocycles. The maximum absolute atomic E-state index is 12.4. The number of carbonyl (C=O) groups is 1. The molecule has 2 unspecified atom stereocenters. The highest BCUT2D eigenvalue weighted by molar-refractivity contribution is 7.86. The number of hydrogen-bond acceptors (Lipinski definition) is 5. The predicted molar refractivity (Wildman–Crippen MR) is 97.9 cm³/mol. The normalized spacial score (nSPS) is 24.4. The zero-order valence-corrected chi connectivity index (χ0v) is 16.7. The quantitative estimate of drug-likeness (QED) is 0.704. The summed E-state index contributed by atoms with van der Waals surface area (Å²) in [7, 11) is -3.84. The van der Waals surface area contributed by atoms with Gasteiger partial charge in [-0.3, -0.25) is 14.7 Å². The van der Waals surface area contributed by atoms with E-state index in [0.717, 1.165) is 12.0 Å². The monoisotopic (exact) mass is 382 g/mol. The molecule has 0 aromatic heterocycles. The van der Waals surface area contributed by atoms with Crippen LogP contribution in [0.3, 0.4) is 0 Å².